The van der Waals surface area contributed by atoms with Crippen LogP contribution in [0, 0.1) is 5.92 Å². The first-order valence-corrected chi connectivity index (χ1v) is 6.53. The number of hydrogen-bond donors (Lipinski definition) is 2. The molecule has 0 aliphatic carbocycles. The molecular formula is C12H14Cl3NO2. The first-order valence-electron chi connectivity index (χ1n) is 5.40. The lowest BCUT2D eigenvalue weighted by Gasteiger charge is -2.23. The summed E-state index contributed by atoms with van der Waals surface area (Å²) in [5.41, 5.74) is 6.53. The van der Waals surface area contributed by atoms with Crippen LogP contribution in [0.2, 0.25) is 15.1 Å². The monoisotopic (exact) mass is 309 g/mol. The van der Waals surface area contributed by atoms with Crippen molar-refractivity contribution in [1.82, 2.24) is 0 Å². The Balaban J connectivity index is 3.36. The predicted molar refractivity (Wildman–Crippen MR) is 75.7 cm³/mol. The van der Waals surface area contributed by atoms with Crippen LogP contribution < -0.4 is 5.73 Å². The van der Waals surface area contributed by atoms with Crippen molar-refractivity contribution in [3.8, 4) is 0 Å². The second-order valence-electron chi connectivity index (χ2n) is 4.43. The number of nitrogen functional groups attached to an aromatic ring is 1. The van der Waals surface area contributed by atoms with Gasteiger partial charge in [-0.1, -0.05) is 48.7 Å². The van der Waals surface area contributed by atoms with Crippen molar-refractivity contribution in [3.05, 3.63) is 26.7 Å². The van der Waals surface area contributed by atoms with Gasteiger partial charge in [-0.2, -0.15) is 0 Å². The lowest BCUT2D eigenvalue weighted by Crippen LogP contribution is -2.14. The average molecular weight is 311 g/mol. The van der Waals surface area contributed by atoms with Crippen LogP contribution >= 0.6 is 34.8 Å². The normalized spacial score (nSPS) is 12.8. The zero-order valence-electron chi connectivity index (χ0n) is 10.0. The maximum atomic E-state index is 10.9. The Morgan fingerprint density at radius 1 is 1.33 bits per heavy atom. The molecule has 1 aromatic rings. The van der Waals surface area contributed by atoms with Gasteiger partial charge in [0.2, 0.25) is 0 Å². The minimum atomic E-state index is -0.908. The molecule has 18 heavy (non-hydrogen) atoms. The number of nitrogens with two attached hydrogens (primary N) is 1. The van der Waals surface area contributed by atoms with E-state index in [0.29, 0.717) is 10.6 Å². The Morgan fingerprint density at radius 2 is 1.89 bits per heavy atom. The summed E-state index contributed by atoms with van der Waals surface area (Å²) in [5.74, 6) is -1.15. The molecule has 0 spiro atoms. The predicted octanol–water partition coefficient (Wildman–Crippen LogP) is 4.44. The van der Waals surface area contributed by atoms with Gasteiger partial charge in [0, 0.05) is 5.02 Å². The maximum Gasteiger partial charge on any atom is 0.303 e. The SMILES string of the molecule is CC(C)C(CC(=O)O)c1c(Cl)cc(Cl)c(N)c1Cl. The number of carboxylic acids is 1. The number of hydrogen-bond acceptors (Lipinski definition) is 2. The van der Waals surface area contributed by atoms with Gasteiger partial charge in [-0.05, 0) is 23.5 Å². The molecule has 0 heterocycles. The van der Waals surface area contributed by atoms with Crippen LogP contribution in [0.1, 0.15) is 31.7 Å². The second-order valence-corrected chi connectivity index (χ2v) is 5.62. The van der Waals surface area contributed by atoms with Crippen LogP contribution in [0.15, 0.2) is 6.07 Å². The summed E-state index contributed by atoms with van der Waals surface area (Å²) >= 11 is 18.1. The summed E-state index contributed by atoms with van der Waals surface area (Å²) in [4.78, 5) is 10.9. The molecule has 1 rings (SSSR count). The molecule has 0 aromatic heterocycles. The lowest BCUT2D eigenvalue weighted by molar-refractivity contribution is -0.137. The Kier molecular flexibility index (Phi) is 5.14. The van der Waals surface area contributed by atoms with Crippen molar-refractivity contribution in [2.24, 2.45) is 5.92 Å². The largest absolute Gasteiger partial charge is 0.481 e. The van der Waals surface area contributed by atoms with Gasteiger partial charge in [-0.25, -0.2) is 0 Å². The van der Waals surface area contributed by atoms with Crippen molar-refractivity contribution in [1.29, 1.82) is 0 Å². The summed E-state index contributed by atoms with van der Waals surface area (Å²) in [5, 5.41) is 9.82. The van der Waals surface area contributed by atoms with Gasteiger partial charge in [0.15, 0.2) is 0 Å². The van der Waals surface area contributed by atoms with Crippen LogP contribution in [0.3, 0.4) is 0 Å². The van der Waals surface area contributed by atoms with E-state index in [-0.39, 0.29) is 34.0 Å². The Bertz CT molecular complexity index is 475. The summed E-state index contributed by atoms with van der Waals surface area (Å²) in [7, 11) is 0. The minimum absolute atomic E-state index is 0.0574. The number of rotatable bonds is 4. The molecule has 3 nitrogen and oxygen atoms in total. The fourth-order valence-electron chi connectivity index (χ4n) is 1.82. The first kappa shape index (κ1) is 15.4. The zero-order chi connectivity index (χ0) is 14.0. The van der Waals surface area contributed by atoms with Gasteiger partial charge in [-0.15, -0.1) is 0 Å². The van der Waals surface area contributed by atoms with E-state index < -0.39 is 5.97 Å². The zero-order valence-corrected chi connectivity index (χ0v) is 12.3. The van der Waals surface area contributed by atoms with Crippen LogP contribution in [-0.4, -0.2) is 11.1 Å². The van der Waals surface area contributed by atoms with Gasteiger partial charge < -0.3 is 10.8 Å². The van der Waals surface area contributed by atoms with E-state index in [1.807, 2.05) is 13.8 Å². The maximum absolute atomic E-state index is 10.9. The molecule has 100 valence electrons. The molecule has 0 saturated heterocycles. The molecule has 0 aliphatic rings. The highest BCUT2D eigenvalue weighted by molar-refractivity contribution is 6.42. The van der Waals surface area contributed by atoms with Gasteiger partial charge in [0.05, 0.1) is 22.2 Å². The van der Waals surface area contributed by atoms with E-state index in [1.54, 1.807) is 0 Å². The molecule has 0 aliphatic heterocycles. The number of carboxylic acid groups (broad SMARTS) is 1. The molecule has 0 radical (unpaired) electrons. The number of anilines is 1. The second kappa shape index (κ2) is 6.00. The van der Waals surface area contributed by atoms with Crippen molar-refractivity contribution in [3.63, 3.8) is 0 Å². The highest BCUT2D eigenvalue weighted by atomic mass is 35.5. The smallest absolute Gasteiger partial charge is 0.303 e. The Hall–Kier alpha value is -0.640. The number of aliphatic carboxylic acids is 1. The van der Waals surface area contributed by atoms with Gasteiger partial charge in [-0.3, -0.25) is 4.79 Å². The van der Waals surface area contributed by atoms with Crippen molar-refractivity contribution in [2.45, 2.75) is 26.2 Å². The molecule has 0 bridgehead atoms. The van der Waals surface area contributed by atoms with Crippen molar-refractivity contribution in [2.75, 3.05) is 5.73 Å². The van der Waals surface area contributed by atoms with Crippen molar-refractivity contribution >= 4 is 46.5 Å². The Labute approximate surface area is 121 Å². The average Bonchev–Trinajstić information content (AvgIpc) is 2.24. The summed E-state index contributed by atoms with van der Waals surface area (Å²) in [6.45, 7) is 3.82. The molecule has 3 N–H and O–H groups in total. The van der Waals surface area contributed by atoms with Crippen LogP contribution in [0.25, 0.3) is 0 Å². The van der Waals surface area contributed by atoms with Gasteiger partial charge in [0.25, 0.3) is 0 Å². The van der Waals surface area contributed by atoms with Crippen LogP contribution in [-0.2, 0) is 4.79 Å². The van der Waals surface area contributed by atoms with E-state index in [2.05, 4.69) is 0 Å². The van der Waals surface area contributed by atoms with E-state index >= 15 is 0 Å². The molecule has 0 saturated carbocycles. The van der Waals surface area contributed by atoms with Crippen molar-refractivity contribution < 1.29 is 9.90 Å². The molecular weight excluding hydrogens is 296 g/mol. The summed E-state index contributed by atoms with van der Waals surface area (Å²) in [6.07, 6.45) is -0.0574. The topological polar surface area (TPSA) is 63.3 Å². The molecule has 1 atom stereocenters. The number of halogens is 3. The third-order valence-electron chi connectivity index (χ3n) is 2.81. The molecule has 0 fully saturated rings. The molecule has 1 aromatic carbocycles. The van der Waals surface area contributed by atoms with Gasteiger partial charge in [0.1, 0.15) is 0 Å². The standard InChI is InChI=1S/C12H14Cl3NO2/c1-5(2)6(3-9(17)18)10-7(13)4-8(14)12(16)11(10)15/h4-6H,3,16H2,1-2H3,(H,17,18). The quantitative estimate of drug-likeness (QED) is 0.808. The molecule has 1 unspecified atom stereocenters. The van der Waals surface area contributed by atoms with Crippen LogP contribution in [0.5, 0.6) is 0 Å². The lowest BCUT2D eigenvalue weighted by atomic mass is 9.85. The van der Waals surface area contributed by atoms with Crippen LogP contribution in [0.4, 0.5) is 5.69 Å². The highest BCUT2D eigenvalue weighted by Gasteiger charge is 2.26. The number of carbonyl (C=O) groups is 1. The minimum Gasteiger partial charge on any atom is -0.481 e. The third-order valence-corrected chi connectivity index (χ3v) is 3.84. The summed E-state index contributed by atoms with van der Waals surface area (Å²) < 4.78 is 0. The third kappa shape index (κ3) is 3.22. The van der Waals surface area contributed by atoms with Gasteiger partial charge >= 0.3 is 5.97 Å². The fraction of sp³-hybridized carbons (Fsp3) is 0.417. The fourth-order valence-corrected chi connectivity index (χ4v) is 2.86. The van der Waals surface area contributed by atoms with E-state index in [4.69, 9.17) is 45.6 Å². The Morgan fingerprint density at radius 3 is 2.33 bits per heavy atom. The molecule has 0 amide bonds. The highest BCUT2D eigenvalue weighted by Crippen LogP contribution is 2.43. The van der Waals surface area contributed by atoms with E-state index in [1.165, 1.54) is 6.07 Å². The number of benzene rings is 1. The van der Waals surface area contributed by atoms with E-state index in [0.717, 1.165) is 0 Å². The summed E-state index contributed by atoms with van der Waals surface area (Å²) in [6, 6.07) is 1.50. The first-order chi connectivity index (χ1) is 8.25. The van der Waals surface area contributed by atoms with E-state index in [9.17, 15) is 4.79 Å². The molecule has 6 heteroatoms.